The summed E-state index contributed by atoms with van der Waals surface area (Å²) in [6, 6.07) is 16.0. The molecule has 9 heteroatoms. The molecule has 2 aromatic heterocycles. The van der Waals surface area contributed by atoms with Crippen LogP contribution in [0.3, 0.4) is 0 Å². The summed E-state index contributed by atoms with van der Waals surface area (Å²) < 4.78 is 31.3. The molecule has 0 bridgehead atoms. The first kappa shape index (κ1) is 19.7. The fraction of sp³-hybridized carbons (Fsp3) is 0.143. The van der Waals surface area contributed by atoms with Crippen molar-refractivity contribution in [2.45, 2.75) is 24.0 Å². The van der Waals surface area contributed by atoms with Crippen LogP contribution in [0.15, 0.2) is 70.1 Å². The molecule has 0 saturated carbocycles. The van der Waals surface area contributed by atoms with Gasteiger partial charge in [-0.15, -0.1) is 10.2 Å². The SMILES string of the molecule is CC(C)S(=O)(=O)c1ccccc1-c1cnc(N)c(-c2nnc(-c3ccccc3)o2)n1.[HH].[HH]. The quantitative estimate of drug-likeness (QED) is 0.506. The van der Waals surface area contributed by atoms with Gasteiger partial charge in [0.25, 0.3) is 5.89 Å². The van der Waals surface area contributed by atoms with E-state index in [-0.39, 0.29) is 25.2 Å². The Bertz CT molecular complexity index is 1310. The molecular formula is C21H23N5O3S. The third-order valence-electron chi connectivity index (χ3n) is 4.54. The van der Waals surface area contributed by atoms with Gasteiger partial charge in [0, 0.05) is 14.0 Å². The van der Waals surface area contributed by atoms with E-state index in [2.05, 4.69) is 20.2 Å². The molecule has 2 aromatic carbocycles. The van der Waals surface area contributed by atoms with Crippen LogP contribution < -0.4 is 5.73 Å². The van der Waals surface area contributed by atoms with E-state index in [0.717, 1.165) is 5.56 Å². The van der Waals surface area contributed by atoms with E-state index >= 15 is 0 Å². The highest BCUT2D eigenvalue weighted by Gasteiger charge is 2.24. The molecule has 0 fully saturated rings. The Hall–Kier alpha value is -3.59. The number of sulfone groups is 1. The van der Waals surface area contributed by atoms with E-state index in [1.54, 1.807) is 38.1 Å². The van der Waals surface area contributed by atoms with Gasteiger partial charge in [-0.05, 0) is 32.0 Å². The summed E-state index contributed by atoms with van der Waals surface area (Å²) in [5.41, 5.74) is 7.73. The fourth-order valence-corrected chi connectivity index (χ4v) is 4.14. The number of anilines is 1. The lowest BCUT2D eigenvalue weighted by Crippen LogP contribution is -2.15. The molecule has 0 spiro atoms. The summed E-state index contributed by atoms with van der Waals surface area (Å²) in [7, 11) is -3.53. The molecule has 0 atom stereocenters. The van der Waals surface area contributed by atoms with E-state index in [1.165, 1.54) is 6.20 Å². The van der Waals surface area contributed by atoms with Gasteiger partial charge in [0.05, 0.1) is 22.0 Å². The second kappa shape index (κ2) is 7.68. The molecule has 0 unspecified atom stereocenters. The lowest BCUT2D eigenvalue weighted by molar-refractivity contribution is 0.582. The van der Waals surface area contributed by atoms with E-state index < -0.39 is 15.1 Å². The van der Waals surface area contributed by atoms with Crippen LogP contribution in [-0.4, -0.2) is 33.8 Å². The van der Waals surface area contributed by atoms with Gasteiger partial charge in [0.1, 0.15) is 0 Å². The highest BCUT2D eigenvalue weighted by atomic mass is 32.2. The minimum Gasteiger partial charge on any atom is -0.414 e. The van der Waals surface area contributed by atoms with Crippen molar-refractivity contribution < 1.29 is 15.7 Å². The molecule has 2 N–H and O–H groups in total. The third kappa shape index (κ3) is 3.55. The summed E-state index contributed by atoms with van der Waals surface area (Å²) in [5.74, 6) is 0.524. The second-order valence-electron chi connectivity index (χ2n) is 6.86. The Balaban J connectivity index is 0.00000181. The molecule has 0 aliphatic heterocycles. The topological polar surface area (TPSA) is 125 Å². The molecule has 8 nitrogen and oxygen atoms in total. The summed E-state index contributed by atoms with van der Waals surface area (Å²) >= 11 is 0. The van der Waals surface area contributed by atoms with Crippen LogP contribution in [0.2, 0.25) is 0 Å². The van der Waals surface area contributed by atoms with Gasteiger partial charge in [-0.3, -0.25) is 0 Å². The predicted octanol–water partition coefficient (Wildman–Crippen LogP) is 4.12. The maximum absolute atomic E-state index is 12.8. The second-order valence-corrected chi connectivity index (χ2v) is 9.33. The van der Waals surface area contributed by atoms with Gasteiger partial charge in [-0.25, -0.2) is 18.4 Å². The molecule has 0 aliphatic rings. The maximum Gasteiger partial charge on any atom is 0.270 e. The van der Waals surface area contributed by atoms with Crippen molar-refractivity contribution in [1.82, 2.24) is 20.2 Å². The van der Waals surface area contributed by atoms with Crippen LogP contribution in [-0.2, 0) is 9.84 Å². The Morgan fingerprint density at radius 2 is 1.63 bits per heavy atom. The number of nitrogens with zero attached hydrogens (tertiary/aromatic N) is 4. The maximum atomic E-state index is 12.8. The van der Waals surface area contributed by atoms with Gasteiger partial charge < -0.3 is 10.2 Å². The number of hydrogen-bond donors (Lipinski definition) is 1. The van der Waals surface area contributed by atoms with Gasteiger partial charge >= 0.3 is 0 Å². The molecule has 156 valence electrons. The molecule has 0 aliphatic carbocycles. The smallest absolute Gasteiger partial charge is 0.270 e. The Labute approximate surface area is 176 Å². The van der Waals surface area contributed by atoms with Crippen molar-refractivity contribution in [3.05, 3.63) is 60.8 Å². The molecule has 0 amide bonds. The third-order valence-corrected chi connectivity index (χ3v) is 6.75. The van der Waals surface area contributed by atoms with Crippen LogP contribution >= 0.6 is 0 Å². The first-order chi connectivity index (χ1) is 14.4. The van der Waals surface area contributed by atoms with Gasteiger partial charge in [-0.1, -0.05) is 36.4 Å². The zero-order valence-electron chi connectivity index (χ0n) is 16.4. The van der Waals surface area contributed by atoms with Crippen LogP contribution in [0.5, 0.6) is 0 Å². The van der Waals surface area contributed by atoms with E-state index in [0.29, 0.717) is 17.1 Å². The van der Waals surface area contributed by atoms with Crippen molar-refractivity contribution in [3.63, 3.8) is 0 Å². The molecule has 4 rings (SSSR count). The van der Waals surface area contributed by atoms with Crippen LogP contribution in [0.1, 0.15) is 16.7 Å². The van der Waals surface area contributed by atoms with Crippen molar-refractivity contribution in [3.8, 4) is 34.3 Å². The lowest BCUT2D eigenvalue weighted by Gasteiger charge is -2.13. The molecule has 0 saturated heterocycles. The van der Waals surface area contributed by atoms with E-state index in [4.69, 9.17) is 10.2 Å². The zero-order valence-corrected chi connectivity index (χ0v) is 17.2. The minimum absolute atomic E-state index is 0. The standard InChI is InChI=1S/C21H19N5O3S.2H2/c1-13(2)30(27,28)17-11-7-6-10-15(17)16-12-23-19(22)18(24-16)21-26-25-20(29-21)14-8-4-3-5-9-14;;/h3-13H,1-2H3,(H2,22,23);2*1H. The van der Waals surface area contributed by atoms with E-state index in [1.807, 2.05) is 30.3 Å². The largest absolute Gasteiger partial charge is 0.414 e. The van der Waals surface area contributed by atoms with Gasteiger partial charge in [0.15, 0.2) is 21.3 Å². The van der Waals surface area contributed by atoms with Gasteiger partial charge in [-0.2, -0.15) is 0 Å². The number of nitrogens with two attached hydrogens (primary N) is 1. The fourth-order valence-electron chi connectivity index (χ4n) is 2.88. The average molecular weight is 426 g/mol. The molecule has 2 heterocycles. The van der Waals surface area contributed by atoms with Crippen LogP contribution in [0.4, 0.5) is 5.82 Å². The first-order valence-corrected chi connectivity index (χ1v) is 10.8. The molecule has 0 radical (unpaired) electrons. The zero-order chi connectivity index (χ0) is 21.3. The summed E-state index contributed by atoms with van der Waals surface area (Å²) in [6.07, 6.45) is 1.43. The predicted molar refractivity (Wildman–Crippen MR) is 117 cm³/mol. The number of aromatic nitrogens is 4. The Morgan fingerprint density at radius 1 is 0.967 bits per heavy atom. The molecular weight excluding hydrogens is 402 g/mol. The normalized spacial score (nSPS) is 11.7. The highest BCUT2D eigenvalue weighted by Crippen LogP contribution is 2.31. The lowest BCUT2D eigenvalue weighted by atomic mass is 10.1. The minimum atomic E-state index is -3.53. The monoisotopic (exact) mass is 425 g/mol. The summed E-state index contributed by atoms with van der Waals surface area (Å²) in [5, 5.41) is 7.51. The number of benzene rings is 2. The van der Waals surface area contributed by atoms with Crippen LogP contribution in [0, 0.1) is 0 Å². The first-order valence-electron chi connectivity index (χ1n) is 9.23. The molecule has 30 heavy (non-hydrogen) atoms. The summed E-state index contributed by atoms with van der Waals surface area (Å²) in [4.78, 5) is 8.86. The van der Waals surface area contributed by atoms with Crippen molar-refractivity contribution >= 4 is 15.7 Å². The van der Waals surface area contributed by atoms with Crippen molar-refractivity contribution in [2.75, 3.05) is 5.73 Å². The van der Waals surface area contributed by atoms with Gasteiger partial charge in [0.2, 0.25) is 5.89 Å². The van der Waals surface area contributed by atoms with Crippen molar-refractivity contribution in [1.29, 1.82) is 0 Å². The molecule has 4 aromatic rings. The highest BCUT2D eigenvalue weighted by molar-refractivity contribution is 7.92. The Morgan fingerprint density at radius 3 is 2.37 bits per heavy atom. The Kier molecular flexibility index (Phi) is 5.04. The number of hydrogen-bond acceptors (Lipinski definition) is 8. The number of rotatable bonds is 5. The van der Waals surface area contributed by atoms with E-state index in [9.17, 15) is 8.42 Å². The van der Waals surface area contributed by atoms with Crippen molar-refractivity contribution in [2.24, 2.45) is 0 Å². The average Bonchev–Trinajstić information content (AvgIpc) is 3.25. The van der Waals surface area contributed by atoms with Crippen LogP contribution in [0.25, 0.3) is 34.3 Å². The summed E-state index contributed by atoms with van der Waals surface area (Å²) in [6.45, 7) is 3.27. The number of nitrogen functional groups attached to an aromatic ring is 1.